The molecule has 1 fully saturated rings. The number of nitrogens with zero attached hydrogens (tertiary/aromatic N) is 3. The van der Waals surface area contributed by atoms with Gasteiger partial charge in [-0.2, -0.15) is 15.0 Å². The molecule has 2 aromatic rings. The molecular formula is C29H48N8O3. The quantitative estimate of drug-likeness (QED) is 0.162. The Bertz CT molecular complexity index is 984. The van der Waals surface area contributed by atoms with E-state index in [-0.39, 0.29) is 5.91 Å². The van der Waals surface area contributed by atoms with Crippen molar-refractivity contribution in [3.05, 3.63) is 35.4 Å². The number of rotatable bonds is 19. The van der Waals surface area contributed by atoms with E-state index >= 15 is 0 Å². The van der Waals surface area contributed by atoms with E-state index in [0.29, 0.717) is 81.3 Å². The van der Waals surface area contributed by atoms with Gasteiger partial charge < -0.3 is 36.5 Å². The lowest BCUT2D eigenvalue weighted by Gasteiger charge is -2.21. The molecule has 0 spiro atoms. The molecule has 0 radical (unpaired) electrons. The van der Waals surface area contributed by atoms with E-state index in [2.05, 4.69) is 50.1 Å². The van der Waals surface area contributed by atoms with Crippen LogP contribution in [0.1, 0.15) is 68.3 Å². The molecule has 40 heavy (non-hydrogen) atoms. The molecule has 1 aliphatic rings. The molecule has 222 valence electrons. The number of hydrogen-bond acceptors (Lipinski definition) is 10. The van der Waals surface area contributed by atoms with Crippen LogP contribution in [0.2, 0.25) is 0 Å². The fourth-order valence-corrected chi connectivity index (χ4v) is 4.41. The van der Waals surface area contributed by atoms with Gasteiger partial charge in [-0.15, -0.1) is 0 Å². The Balaban J connectivity index is 1.48. The van der Waals surface area contributed by atoms with E-state index < -0.39 is 0 Å². The SMILES string of the molecule is CC(C)CCNc1nc(NCc2ccc(C(=O)NCCOCCOCCN)cc2)nc(NCC2CCCCC2)n1. The normalized spacial score (nSPS) is 13.8. The van der Waals surface area contributed by atoms with Gasteiger partial charge in [-0.05, 0) is 48.8 Å². The second-order valence-electron chi connectivity index (χ2n) is 10.6. The predicted octanol–water partition coefficient (Wildman–Crippen LogP) is 3.66. The Morgan fingerprint density at radius 3 is 2.20 bits per heavy atom. The van der Waals surface area contributed by atoms with Crippen LogP contribution in [0.25, 0.3) is 0 Å². The van der Waals surface area contributed by atoms with Gasteiger partial charge >= 0.3 is 0 Å². The van der Waals surface area contributed by atoms with Gasteiger partial charge in [0.1, 0.15) is 0 Å². The van der Waals surface area contributed by atoms with Crippen molar-refractivity contribution in [2.45, 2.75) is 58.9 Å². The maximum Gasteiger partial charge on any atom is 0.251 e. The first-order valence-electron chi connectivity index (χ1n) is 14.7. The van der Waals surface area contributed by atoms with Crippen LogP contribution in [-0.2, 0) is 16.0 Å². The Kier molecular flexibility index (Phi) is 14.5. The average molecular weight is 557 g/mol. The molecule has 0 aliphatic heterocycles. The van der Waals surface area contributed by atoms with Crippen molar-refractivity contribution in [3.8, 4) is 0 Å². The third-order valence-electron chi connectivity index (χ3n) is 6.75. The van der Waals surface area contributed by atoms with E-state index in [0.717, 1.165) is 25.1 Å². The first-order chi connectivity index (χ1) is 19.5. The van der Waals surface area contributed by atoms with Crippen molar-refractivity contribution >= 4 is 23.8 Å². The summed E-state index contributed by atoms with van der Waals surface area (Å²) in [6.45, 7) is 9.48. The molecule has 0 bridgehead atoms. The van der Waals surface area contributed by atoms with Gasteiger partial charge in [-0.25, -0.2) is 0 Å². The minimum atomic E-state index is -0.134. The number of aromatic nitrogens is 3. The van der Waals surface area contributed by atoms with Gasteiger partial charge in [0.15, 0.2) is 0 Å². The lowest BCUT2D eigenvalue weighted by molar-refractivity contribution is 0.0511. The lowest BCUT2D eigenvalue weighted by atomic mass is 9.89. The van der Waals surface area contributed by atoms with Crippen molar-refractivity contribution in [3.63, 3.8) is 0 Å². The predicted molar refractivity (Wildman–Crippen MR) is 160 cm³/mol. The molecule has 0 saturated heterocycles. The molecule has 1 saturated carbocycles. The third-order valence-corrected chi connectivity index (χ3v) is 6.75. The smallest absolute Gasteiger partial charge is 0.251 e. The highest BCUT2D eigenvalue weighted by Gasteiger charge is 2.14. The van der Waals surface area contributed by atoms with Gasteiger partial charge in [0.2, 0.25) is 17.8 Å². The minimum absolute atomic E-state index is 0.134. The van der Waals surface area contributed by atoms with Gasteiger partial charge in [0.25, 0.3) is 5.91 Å². The summed E-state index contributed by atoms with van der Waals surface area (Å²) in [5.41, 5.74) is 6.98. The summed E-state index contributed by atoms with van der Waals surface area (Å²) in [7, 11) is 0. The van der Waals surface area contributed by atoms with Crippen molar-refractivity contribution in [1.29, 1.82) is 0 Å². The standard InChI is InChI=1S/C29H48N8O3/c1-22(2)12-14-32-27-35-28(33-20-23-6-4-3-5-7-23)37-29(36-27)34-21-24-8-10-25(11-9-24)26(38)31-15-17-40-19-18-39-16-13-30/h8-11,22-23H,3-7,12-21,30H2,1-2H3,(H,31,38)(H3,32,33,34,35,36,37). The first-order valence-corrected chi connectivity index (χ1v) is 14.7. The van der Waals surface area contributed by atoms with Crippen LogP contribution in [0.4, 0.5) is 17.8 Å². The van der Waals surface area contributed by atoms with E-state index in [1.165, 1.54) is 32.1 Å². The average Bonchev–Trinajstić information content (AvgIpc) is 2.97. The summed E-state index contributed by atoms with van der Waals surface area (Å²) in [5, 5.41) is 13.0. The highest BCUT2D eigenvalue weighted by Crippen LogP contribution is 2.24. The zero-order valence-electron chi connectivity index (χ0n) is 24.2. The number of anilines is 3. The van der Waals surface area contributed by atoms with E-state index in [1.807, 2.05) is 24.3 Å². The van der Waals surface area contributed by atoms with E-state index in [4.69, 9.17) is 15.2 Å². The molecule has 11 heteroatoms. The van der Waals surface area contributed by atoms with E-state index in [1.54, 1.807) is 0 Å². The molecule has 1 aliphatic carbocycles. The lowest BCUT2D eigenvalue weighted by Crippen LogP contribution is -2.27. The summed E-state index contributed by atoms with van der Waals surface area (Å²) in [4.78, 5) is 26.2. The highest BCUT2D eigenvalue weighted by molar-refractivity contribution is 5.94. The number of nitrogens with two attached hydrogens (primary N) is 1. The molecule has 0 unspecified atom stereocenters. The number of carbonyl (C=O) groups excluding carboxylic acids is 1. The fourth-order valence-electron chi connectivity index (χ4n) is 4.41. The van der Waals surface area contributed by atoms with Crippen LogP contribution in [0.3, 0.4) is 0 Å². The molecule has 6 N–H and O–H groups in total. The maximum absolute atomic E-state index is 12.4. The highest BCUT2D eigenvalue weighted by atomic mass is 16.5. The van der Waals surface area contributed by atoms with Crippen molar-refractivity contribution in [2.75, 3.05) is 68.6 Å². The topological polar surface area (TPSA) is 148 Å². The van der Waals surface area contributed by atoms with Crippen molar-refractivity contribution in [2.24, 2.45) is 17.6 Å². The van der Waals surface area contributed by atoms with Gasteiger partial charge in [-0.3, -0.25) is 4.79 Å². The maximum atomic E-state index is 12.4. The Morgan fingerprint density at radius 2 is 1.52 bits per heavy atom. The van der Waals surface area contributed by atoms with Gasteiger partial charge in [0.05, 0.1) is 26.4 Å². The summed E-state index contributed by atoms with van der Waals surface area (Å²) < 4.78 is 10.7. The second kappa shape index (κ2) is 18.4. The van der Waals surface area contributed by atoms with Crippen LogP contribution in [0.15, 0.2) is 24.3 Å². The second-order valence-corrected chi connectivity index (χ2v) is 10.6. The van der Waals surface area contributed by atoms with Gasteiger partial charge in [0, 0.05) is 38.3 Å². The molecular weight excluding hydrogens is 508 g/mol. The monoisotopic (exact) mass is 556 g/mol. The van der Waals surface area contributed by atoms with Crippen LogP contribution in [-0.4, -0.2) is 73.5 Å². The number of hydrogen-bond donors (Lipinski definition) is 5. The number of ether oxygens (including phenoxy) is 2. The zero-order valence-corrected chi connectivity index (χ0v) is 24.2. The molecule has 1 aromatic carbocycles. The van der Waals surface area contributed by atoms with Crippen molar-refractivity contribution in [1.82, 2.24) is 20.3 Å². The third kappa shape index (κ3) is 12.4. The fraction of sp³-hybridized carbons (Fsp3) is 0.655. The Hall–Kier alpha value is -3.02. The summed E-state index contributed by atoms with van der Waals surface area (Å²) in [6, 6.07) is 7.49. The zero-order chi connectivity index (χ0) is 28.4. The molecule has 0 atom stereocenters. The number of benzene rings is 1. The summed E-state index contributed by atoms with van der Waals surface area (Å²) >= 11 is 0. The molecule has 11 nitrogen and oxygen atoms in total. The molecule has 1 aromatic heterocycles. The minimum Gasteiger partial charge on any atom is -0.378 e. The molecule has 1 heterocycles. The van der Waals surface area contributed by atoms with E-state index in [9.17, 15) is 4.79 Å². The Labute approximate surface area is 238 Å². The van der Waals surface area contributed by atoms with Crippen LogP contribution < -0.4 is 27.0 Å². The number of carbonyl (C=O) groups is 1. The largest absolute Gasteiger partial charge is 0.378 e. The summed E-state index contributed by atoms with van der Waals surface area (Å²) in [6.07, 6.45) is 7.51. The number of nitrogens with one attached hydrogen (secondary N) is 4. The first kappa shape index (κ1) is 31.5. The van der Waals surface area contributed by atoms with Crippen LogP contribution in [0.5, 0.6) is 0 Å². The van der Waals surface area contributed by atoms with Crippen LogP contribution >= 0.6 is 0 Å². The summed E-state index contributed by atoms with van der Waals surface area (Å²) in [5.74, 6) is 2.82. The van der Waals surface area contributed by atoms with Gasteiger partial charge in [-0.1, -0.05) is 45.2 Å². The molecule has 3 rings (SSSR count). The van der Waals surface area contributed by atoms with Crippen LogP contribution in [0, 0.1) is 11.8 Å². The molecule has 1 amide bonds. The number of amides is 1. The Morgan fingerprint density at radius 1 is 0.875 bits per heavy atom. The van der Waals surface area contributed by atoms with Crippen molar-refractivity contribution < 1.29 is 14.3 Å².